The first kappa shape index (κ1) is 21.8. The first-order valence-electron chi connectivity index (χ1n) is 10.5. The van der Waals surface area contributed by atoms with E-state index in [1.54, 1.807) is 24.3 Å². The lowest BCUT2D eigenvalue weighted by Crippen LogP contribution is -2.36. The zero-order chi connectivity index (χ0) is 23.7. The second kappa shape index (κ2) is 9.08. The summed E-state index contributed by atoms with van der Waals surface area (Å²) in [6.45, 7) is 2.09. The molecule has 1 fully saturated rings. The summed E-state index contributed by atoms with van der Waals surface area (Å²) >= 11 is 6.38. The average Bonchev–Trinajstić information content (AvgIpc) is 3.27. The summed E-state index contributed by atoms with van der Waals surface area (Å²) in [5.41, 5.74) is 2.69. The van der Waals surface area contributed by atoms with E-state index in [0.29, 0.717) is 48.7 Å². The van der Waals surface area contributed by atoms with Gasteiger partial charge in [0, 0.05) is 24.7 Å². The van der Waals surface area contributed by atoms with Crippen LogP contribution in [0, 0.1) is 10.1 Å². The Labute approximate surface area is 198 Å². The predicted molar refractivity (Wildman–Crippen MR) is 128 cm³/mol. The Hall–Kier alpha value is -4.02. The maximum absolute atomic E-state index is 12.9. The van der Waals surface area contributed by atoms with Crippen LogP contribution in [-0.2, 0) is 4.74 Å². The minimum atomic E-state index is -0.520. The van der Waals surface area contributed by atoms with Crippen LogP contribution in [0.2, 0.25) is 5.02 Å². The molecule has 0 aliphatic carbocycles. The molecule has 34 heavy (non-hydrogen) atoms. The highest BCUT2D eigenvalue weighted by atomic mass is 35.5. The zero-order valence-corrected chi connectivity index (χ0v) is 18.6. The van der Waals surface area contributed by atoms with Crippen LogP contribution in [0.25, 0.3) is 16.7 Å². The zero-order valence-electron chi connectivity index (χ0n) is 17.8. The quantitative estimate of drug-likeness (QED) is 0.339. The SMILES string of the molecule is O=C(Nc1cc2nn(-c3ccccc3)nc2cc1Cl)c1ccc(N2CCOCC2)c([N+](=O)[O-])c1. The number of anilines is 2. The molecule has 0 bridgehead atoms. The number of fused-ring (bicyclic) bond motifs is 1. The van der Waals surface area contributed by atoms with Gasteiger partial charge in [-0.05, 0) is 36.4 Å². The molecular formula is C23H19ClN6O4. The number of hydrogen-bond donors (Lipinski definition) is 1. The van der Waals surface area contributed by atoms with Gasteiger partial charge in [0.1, 0.15) is 16.7 Å². The van der Waals surface area contributed by atoms with Crippen molar-refractivity contribution in [3.63, 3.8) is 0 Å². The molecule has 1 aliphatic heterocycles. The van der Waals surface area contributed by atoms with Gasteiger partial charge >= 0.3 is 0 Å². The Morgan fingerprint density at radius 2 is 1.74 bits per heavy atom. The molecule has 0 saturated carbocycles. The number of halogens is 1. The van der Waals surface area contributed by atoms with E-state index >= 15 is 0 Å². The van der Waals surface area contributed by atoms with Crippen LogP contribution >= 0.6 is 11.6 Å². The lowest BCUT2D eigenvalue weighted by atomic mass is 10.1. The van der Waals surface area contributed by atoms with Crippen LogP contribution in [0.15, 0.2) is 60.7 Å². The summed E-state index contributed by atoms with van der Waals surface area (Å²) in [4.78, 5) is 27.5. The van der Waals surface area contributed by atoms with Gasteiger partial charge < -0.3 is 15.0 Å². The van der Waals surface area contributed by atoms with Gasteiger partial charge in [-0.1, -0.05) is 29.8 Å². The summed E-state index contributed by atoms with van der Waals surface area (Å²) in [5.74, 6) is -0.520. The third-order valence-corrected chi connectivity index (χ3v) is 5.80. The molecule has 0 unspecified atom stereocenters. The molecule has 0 radical (unpaired) electrons. The minimum Gasteiger partial charge on any atom is -0.378 e. The van der Waals surface area contributed by atoms with Gasteiger partial charge in [0.2, 0.25) is 0 Å². The molecule has 1 N–H and O–H groups in total. The Morgan fingerprint density at radius 1 is 1.03 bits per heavy atom. The molecule has 10 nitrogen and oxygen atoms in total. The fraction of sp³-hybridized carbons (Fsp3) is 0.174. The number of carbonyl (C=O) groups excluding carboxylic acids is 1. The molecule has 1 amide bonds. The van der Waals surface area contributed by atoms with Crippen molar-refractivity contribution in [3.05, 3.63) is 81.4 Å². The number of amides is 1. The molecule has 172 valence electrons. The number of nitrogens with one attached hydrogen (secondary N) is 1. The van der Waals surface area contributed by atoms with Crippen molar-refractivity contribution in [1.29, 1.82) is 0 Å². The summed E-state index contributed by atoms with van der Waals surface area (Å²) in [6.07, 6.45) is 0. The van der Waals surface area contributed by atoms with Crippen molar-refractivity contribution in [3.8, 4) is 5.69 Å². The number of ether oxygens (including phenoxy) is 1. The Kier molecular flexibility index (Phi) is 5.83. The van der Waals surface area contributed by atoms with Crippen LogP contribution in [0.5, 0.6) is 0 Å². The number of rotatable bonds is 5. The van der Waals surface area contributed by atoms with Gasteiger partial charge in [-0.2, -0.15) is 4.80 Å². The van der Waals surface area contributed by atoms with Crippen LogP contribution in [0.4, 0.5) is 17.1 Å². The van der Waals surface area contributed by atoms with E-state index in [-0.39, 0.29) is 16.3 Å². The molecule has 1 aliphatic rings. The molecule has 3 aromatic carbocycles. The summed E-state index contributed by atoms with van der Waals surface area (Å²) in [5, 5.41) is 23.6. The van der Waals surface area contributed by atoms with E-state index in [1.807, 2.05) is 35.2 Å². The third kappa shape index (κ3) is 4.28. The number of morpholine rings is 1. The molecule has 0 spiro atoms. The molecule has 2 heterocycles. The molecule has 1 saturated heterocycles. The van der Waals surface area contributed by atoms with E-state index in [4.69, 9.17) is 16.3 Å². The molecule has 1 aromatic heterocycles. The van der Waals surface area contributed by atoms with Crippen molar-refractivity contribution >= 4 is 45.6 Å². The predicted octanol–water partition coefficient (Wildman–Crippen LogP) is 4.07. The second-order valence-electron chi connectivity index (χ2n) is 7.66. The normalized spacial score (nSPS) is 13.7. The van der Waals surface area contributed by atoms with Crippen molar-refractivity contribution in [2.45, 2.75) is 0 Å². The van der Waals surface area contributed by atoms with Crippen molar-refractivity contribution < 1.29 is 14.5 Å². The van der Waals surface area contributed by atoms with Gasteiger partial charge in [-0.3, -0.25) is 14.9 Å². The number of nitro groups is 1. The van der Waals surface area contributed by atoms with Gasteiger partial charge in [0.15, 0.2) is 0 Å². The van der Waals surface area contributed by atoms with E-state index < -0.39 is 10.8 Å². The largest absolute Gasteiger partial charge is 0.378 e. The third-order valence-electron chi connectivity index (χ3n) is 5.49. The topological polar surface area (TPSA) is 115 Å². The Morgan fingerprint density at radius 3 is 2.44 bits per heavy atom. The van der Waals surface area contributed by atoms with E-state index in [0.717, 1.165) is 5.69 Å². The van der Waals surface area contributed by atoms with Crippen molar-refractivity contribution in [1.82, 2.24) is 15.0 Å². The number of nitrogens with zero attached hydrogens (tertiary/aromatic N) is 5. The highest BCUT2D eigenvalue weighted by Crippen LogP contribution is 2.31. The number of benzene rings is 3. The first-order valence-corrected chi connectivity index (χ1v) is 10.9. The number of para-hydroxylation sites is 1. The molecule has 11 heteroatoms. The molecular weight excluding hydrogens is 460 g/mol. The lowest BCUT2D eigenvalue weighted by molar-refractivity contribution is -0.384. The summed E-state index contributed by atoms with van der Waals surface area (Å²) in [7, 11) is 0. The smallest absolute Gasteiger partial charge is 0.293 e. The second-order valence-corrected chi connectivity index (χ2v) is 8.07. The first-order chi connectivity index (χ1) is 16.5. The lowest BCUT2D eigenvalue weighted by Gasteiger charge is -2.28. The van der Waals surface area contributed by atoms with E-state index in [1.165, 1.54) is 10.9 Å². The number of aromatic nitrogens is 3. The van der Waals surface area contributed by atoms with Crippen LogP contribution in [-0.4, -0.2) is 52.1 Å². The number of carbonyl (C=O) groups is 1. The van der Waals surface area contributed by atoms with E-state index in [9.17, 15) is 14.9 Å². The van der Waals surface area contributed by atoms with Crippen LogP contribution in [0.3, 0.4) is 0 Å². The summed E-state index contributed by atoms with van der Waals surface area (Å²) < 4.78 is 5.32. The van der Waals surface area contributed by atoms with Gasteiger partial charge in [-0.25, -0.2) is 0 Å². The fourth-order valence-corrected chi connectivity index (χ4v) is 3.99. The van der Waals surface area contributed by atoms with Crippen molar-refractivity contribution in [2.24, 2.45) is 0 Å². The monoisotopic (exact) mass is 478 g/mol. The molecule has 5 rings (SSSR count). The average molecular weight is 479 g/mol. The Bertz CT molecular complexity index is 1390. The van der Waals surface area contributed by atoms with Crippen molar-refractivity contribution in [2.75, 3.05) is 36.5 Å². The maximum atomic E-state index is 12.9. The summed E-state index contributed by atoms with van der Waals surface area (Å²) in [6, 6.07) is 17.1. The highest BCUT2D eigenvalue weighted by molar-refractivity contribution is 6.34. The van der Waals surface area contributed by atoms with Gasteiger partial charge in [0.25, 0.3) is 11.6 Å². The van der Waals surface area contributed by atoms with Gasteiger partial charge in [-0.15, -0.1) is 10.2 Å². The number of nitro benzene ring substituents is 1. The minimum absolute atomic E-state index is 0.137. The molecule has 4 aromatic rings. The fourth-order valence-electron chi connectivity index (χ4n) is 3.79. The van der Waals surface area contributed by atoms with Crippen LogP contribution in [0.1, 0.15) is 10.4 Å². The Balaban J connectivity index is 1.42. The molecule has 0 atom stereocenters. The van der Waals surface area contributed by atoms with Gasteiger partial charge in [0.05, 0.1) is 34.5 Å². The maximum Gasteiger partial charge on any atom is 0.293 e. The van der Waals surface area contributed by atoms with E-state index in [2.05, 4.69) is 15.5 Å². The number of hydrogen-bond acceptors (Lipinski definition) is 7. The highest BCUT2D eigenvalue weighted by Gasteiger charge is 2.24. The van der Waals surface area contributed by atoms with Crippen LogP contribution < -0.4 is 10.2 Å². The standard InChI is InChI=1S/C23H19ClN6O4/c24-17-13-19-20(27-29(26-19)16-4-2-1-3-5-16)14-18(17)25-23(31)15-6-7-21(22(12-15)30(32)33)28-8-10-34-11-9-28/h1-7,12-14H,8-11H2,(H,25,31).